The van der Waals surface area contributed by atoms with Gasteiger partial charge in [0.25, 0.3) is 0 Å². The number of rotatable bonds is 44. The van der Waals surface area contributed by atoms with Crippen molar-refractivity contribution in [1.29, 1.82) is 0 Å². The number of aliphatic hydroxyl groups is 4. The molecule has 1 heterocycles. The van der Waals surface area contributed by atoms with Crippen LogP contribution in [0, 0.1) is 0 Å². The molecule has 7 unspecified atom stereocenters. The molecule has 1 aliphatic rings. The zero-order chi connectivity index (χ0) is 44.8. The van der Waals surface area contributed by atoms with Crippen LogP contribution in [0.25, 0.3) is 0 Å². The number of hydrogen-bond donors (Lipinski definition) is 6. The molecule has 0 radical (unpaired) electrons. The first kappa shape index (κ1) is 58.1. The van der Waals surface area contributed by atoms with Crippen molar-refractivity contribution >= 4 is 16.3 Å². The van der Waals surface area contributed by atoms with Gasteiger partial charge in [-0.05, 0) is 12.8 Å². The van der Waals surface area contributed by atoms with Crippen LogP contribution in [0.3, 0.4) is 0 Å². The van der Waals surface area contributed by atoms with E-state index in [1.165, 1.54) is 167 Å². The number of unbranched alkanes of at least 4 members (excludes halogenated alkanes) is 32. The lowest BCUT2D eigenvalue weighted by Crippen LogP contribution is -2.61. The van der Waals surface area contributed by atoms with Gasteiger partial charge in [0.1, 0.15) is 24.4 Å². The summed E-state index contributed by atoms with van der Waals surface area (Å²) >= 11 is 0. The average Bonchev–Trinajstić information content (AvgIpc) is 3.23. The molecule has 7 atom stereocenters. The lowest BCUT2D eigenvalue weighted by molar-refractivity contribution is -0.298. The predicted molar refractivity (Wildman–Crippen MR) is 246 cm³/mol. The highest BCUT2D eigenvalue weighted by Gasteiger charge is 2.48. The molecule has 0 aliphatic carbocycles. The Morgan fingerprint density at radius 1 is 0.590 bits per heavy atom. The molecule has 1 saturated heterocycles. The summed E-state index contributed by atoms with van der Waals surface area (Å²) < 4.78 is 47.7. The van der Waals surface area contributed by atoms with Crippen molar-refractivity contribution in [3.63, 3.8) is 0 Å². The van der Waals surface area contributed by atoms with Gasteiger partial charge in [-0.25, -0.2) is 4.18 Å². The van der Waals surface area contributed by atoms with Gasteiger partial charge >= 0.3 is 10.4 Å². The average molecular weight is 894 g/mol. The summed E-state index contributed by atoms with van der Waals surface area (Å²) in [5.74, 6) is -0.225. The Morgan fingerprint density at radius 3 is 1.31 bits per heavy atom. The molecule has 61 heavy (non-hydrogen) atoms. The van der Waals surface area contributed by atoms with Crippen molar-refractivity contribution in [3.8, 4) is 0 Å². The van der Waals surface area contributed by atoms with Crippen molar-refractivity contribution in [1.82, 2.24) is 5.32 Å². The predicted octanol–water partition coefficient (Wildman–Crippen LogP) is 10.6. The third-order valence-corrected chi connectivity index (χ3v) is 12.9. The highest BCUT2D eigenvalue weighted by molar-refractivity contribution is 7.80. The van der Waals surface area contributed by atoms with Gasteiger partial charge in [-0.15, -0.1) is 0 Å². The first-order valence-corrected chi connectivity index (χ1v) is 26.8. The van der Waals surface area contributed by atoms with E-state index in [4.69, 9.17) is 9.47 Å². The Morgan fingerprint density at radius 2 is 0.951 bits per heavy atom. The van der Waals surface area contributed by atoms with E-state index in [0.29, 0.717) is 12.8 Å². The Bertz CT molecular complexity index is 1100. The van der Waals surface area contributed by atoms with Crippen LogP contribution in [0.2, 0.25) is 0 Å². The second kappa shape index (κ2) is 39.5. The quantitative estimate of drug-likeness (QED) is 0.0252. The number of amides is 1. The van der Waals surface area contributed by atoms with E-state index >= 15 is 0 Å². The summed E-state index contributed by atoms with van der Waals surface area (Å²) in [4.78, 5) is 13.1. The lowest BCUT2D eigenvalue weighted by Gasteiger charge is -2.41. The molecule has 0 aromatic rings. The van der Waals surface area contributed by atoms with Gasteiger partial charge in [0.15, 0.2) is 6.29 Å². The minimum atomic E-state index is -5.07. The first-order chi connectivity index (χ1) is 29.5. The third kappa shape index (κ3) is 32.4. The summed E-state index contributed by atoms with van der Waals surface area (Å²) in [5.41, 5.74) is 0. The van der Waals surface area contributed by atoms with Crippen molar-refractivity contribution in [2.24, 2.45) is 0 Å². The molecular formula is C48H95NO11S. The number of hydrogen-bond acceptors (Lipinski definition) is 10. The maximum absolute atomic E-state index is 13.1. The summed E-state index contributed by atoms with van der Waals surface area (Å²) in [6.45, 7) is 3.48. The molecule has 0 bridgehead atoms. The van der Waals surface area contributed by atoms with Crippen LogP contribution in [0.1, 0.15) is 245 Å². The van der Waals surface area contributed by atoms with Crippen molar-refractivity contribution in [3.05, 3.63) is 0 Å². The molecule has 1 fully saturated rings. The molecule has 13 heteroatoms. The van der Waals surface area contributed by atoms with Gasteiger partial charge in [-0.2, -0.15) is 8.42 Å². The standard InChI is InChI=1S/C48H95NO11S/c1-3-5-7-9-11-13-15-17-19-20-21-22-24-26-28-30-32-34-36-38-44(52)49-41(40-58-48-46(54)47(60-61(55,56)57)45(53)43(39-50)59-48)42(51)37-35-33-31-29-27-25-23-18-16-14-12-10-8-6-4-2/h41-43,45-48,50-51,53-54H,3-40H2,1-2H3,(H,49,52)(H,55,56,57). The zero-order valence-corrected chi connectivity index (χ0v) is 39.8. The highest BCUT2D eigenvalue weighted by atomic mass is 32.3. The van der Waals surface area contributed by atoms with E-state index in [9.17, 15) is 38.2 Å². The fraction of sp³-hybridized carbons (Fsp3) is 0.979. The van der Waals surface area contributed by atoms with Crippen molar-refractivity contribution < 1.29 is 51.8 Å². The van der Waals surface area contributed by atoms with E-state index in [1.54, 1.807) is 0 Å². The molecule has 6 N–H and O–H groups in total. The van der Waals surface area contributed by atoms with Crippen LogP contribution in [-0.4, -0.2) is 95.4 Å². The summed E-state index contributed by atoms with van der Waals surface area (Å²) in [6.07, 6.45) is 33.8. The fourth-order valence-corrected chi connectivity index (χ4v) is 8.97. The number of carbonyl (C=O) groups excluding carboxylic acids is 1. The second-order valence-electron chi connectivity index (χ2n) is 18.1. The van der Waals surface area contributed by atoms with Crippen LogP contribution in [0.15, 0.2) is 0 Å². The smallest absolute Gasteiger partial charge is 0.394 e. The summed E-state index contributed by atoms with van der Waals surface area (Å²) in [7, 11) is -5.07. The minimum absolute atomic E-state index is 0.225. The van der Waals surface area contributed by atoms with E-state index in [2.05, 4.69) is 23.3 Å². The van der Waals surface area contributed by atoms with Crippen LogP contribution in [0.4, 0.5) is 0 Å². The number of ether oxygens (including phenoxy) is 2. The monoisotopic (exact) mass is 894 g/mol. The normalized spacial score (nSPS) is 20.5. The molecule has 0 aromatic carbocycles. The number of nitrogens with one attached hydrogen (secondary N) is 1. The molecule has 1 rings (SSSR count). The number of carbonyl (C=O) groups is 1. The molecule has 364 valence electrons. The molecular weight excluding hydrogens is 799 g/mol. The highest BCUT2D eigenvalue weighted by Crippen LogP contribution is 2.26. The van der Waals surface area contributed by atoms with Crippen molar-refractivity contribution in [2.45, 2.75) is 288 Å². The van der Waals surface area contributed by atoms with Gasteiger partial charge in [-0.3, -0.25) is 9.35 Å². The van der Waals surface area contributed by atoms with E-state index < -0.39 is 59.9 Å². The van der Waals surface area contributed by atoms with Crippen LogP contribution in [0.5, 0.6) is 0 Å². The molecule has 12 nitrogen and oxygen atoms in total. The van der Waals surface area contributed by atoms with Crippen LogP contribution in [-0.2, 0) is 28.9 Å². The van der Waals surface area contributed by atoms with E-state index in [1.807, 2.05) is 0 Å². The molecule has 0 aromatic heterocycles. The van der Waals surface area contributed by atoms with Crippen molar-refractivity contribution in [2.75, 3.05) is 13.2 Å². The van der Waals surface area contributed by atoms with E-state index in [-0.39, 0.29) is 12.5 Å². The zero-order valence-electron chi connectivity index (χ0n) is 39.0. The molecule has 1 amide bonds. The second-order valence-corrected chi connectivity index (χ2v) is 19.2. The molecule has 1 aliphatic heterocycles. The largest absolute Gasteiger partial charge is 0.397 e. The topological polar surface area (TPSA) is 192 Å². The first-order valence-electron chi connectivity index (χ1n) is 25.4. The van der Waals surface area contributed by atoms with Gasteiger partial charge in [0.2, 0.25) is 5.91 Å². The summed E-state index contributed by atoms with van der Waals surface area (Å²) in [6, 6.07) is -0.851. The third-order valence-electron chi connectivity index (χ3n) is 12.4. The minimum Gasteiger partial charge on any atom is -0.394 e. The maximum atomic E-state index is 13.1. The van der Waals surface area contributed by atoms with Crippen LogP contribution >= 0.6 is 0 Å². The van der Waals surface area contributed by atoms with Gasteiger partial charge in [-0.1, -0.05) is 226 Å². The Balaban J connectivity index is 2.42. The Hall–Kier alpha value is -0.900. The van der Waals surface area contributed by atoms with Gasteiger partial charge in [0, 0.05) is 6.42 Å². The Labute approximate surface area is 373 Å². The summed E-state index contributed by atoms with van der Waals surface area (Å²) in [5, 5.41) is 44.9. The van der Waals surface area contributed by atoms with E-state index in [0.717, 1.165) is 51.4 Å². The fourth-order valence-electron chi connectivity index (χ4n) is 8.46. The molecule has 0 saturated carbocycles. The Kier molecular flexibility index (Phi) is 37.6. The van der Waals surface area contributed by atoms with Crippen LogP contribution < -0.4 is 5.32 Å². The van der Waals surface area contributed by atoms with Gasteiger partial charge in [0.05, 0.1) is 25.4 Å². The molecule has 0 spiro atoms. The number of aliphatic hydroxyl groups excluding tert-OH is 4. The lowest BCUT2D eigenvalue weighted by atomic mass is 9.99. The van der Waals surface area contributed by atoms with Gasteiger partial charge < -0.3 is 35.2 Å². The SMILES string of the molecule is CCCCCCCCCCCCCCCCCCCCCC(=O)NC(COC1OC(CO)C(O)C(OS(=O)(=O)O)C1O)C(O)CCCCCCCCCCCCCCCCC. The maximum Gasteiger partial charge on any atom is 0.397 e.